The summed E-state index contributed by atoms with van der Waals surface area (Å²) >= 11 is 1.18. The van der Waals surface area contributed by atoms with Gasteiger partial charge in [-0.25, -0.2) is 4.39 Å². The zero-order valence-electron chi connectivity index (χ0n) is 21.3. The summed E-state index contributed by atoms with van der Waals surface area (Å²) in [5.41, 5.74) is 3.23. The van der Waals surface area contributed by atoms with Crippen LogP contribution >= 0.6 is 11.8 Å². The van der Waals surface area contributed by atoms with Crippen molar-refractivity contribution in [3.05, 3.63) is 101 Å². The molecule has 36 heavy (non-hydrogen) atoms. The molecule has 0 aliphatic carbocycles. The molecule has 4 rings (SSSR count). The van der Waals surface area contributed by atoms with Gasteiger partial charge in [0.25, 0.3) is 5.91 Å². The van der Waals surface area contributed by atoms with Crippen LogP contribution in [0.3, 0.4) is 0 Å². The Labute approximate surface area is 217 Å². The molecule has 0 radical (unpaired) electrons. The van der Waals surface area contributed by atoms with Crippen LogP contribution in [-0.4, -0.2) is 35.4 Å². The van der Waals surface area contributed by atoms with Gasteiger partial charge in [0.2, 0.25) is 0 Å². The fourth-order valence-corrected chi connectivity index (χ4v) is 4.13. The molecule has 3 aromatic rings. The van der Waals surface area contributed by atoms with Crippen LogP contribution in [0.25, 0.3) is 0 Å². The topological polar surface area (TPSA) is 89.4 Å². The Morgan fingerprint density at radius 1 is 0.972 bits per heavy atom. The number of hydrogen-bond acceptors (Lipinski definition) is 6. The minimum atomic E-state index is -0.886. The molecule has 0 spiro atoms. The van der Waals surface area contributed by atoms with E-state index in [0.717, 1.165) is 11.1 Å². The Balaban J connectivity index is 0.00000109. The van der Waals surface area contributed by atoms with Crippen molar-refractivity contribution in [2.24, 2.45) is 4.99 Å². The number of aliphatic imine (C=N–C) groups is 1. The van der Waals surface area contributed by atoms with Gasteiger partial charge in [-0.3, -0.25) is 25.8 Å². The fraction of sp³-hybridized carbons (Fsp3) is 0.250. The van der Waals surface area contributed by atoms with Crippen LogP contribution in [0.2, 0.25) is 0 Å². The van der Waals surface area contributed by atoms with E-state index in [0.29, 0.717) is 17.0 Å². The lowest BCUT2D eigenvalue weighted by Gasteiger charge is -2.22. The number of benzene rings is 3. The minimum Gasteiger partial charge on any atom is -0.322 e. The molecule has 6 nitrogen and oxygen atoms in total. The zero-order chi connectivity index (χ0) is 26.5. The smallest absolute Gasteiger partial charge is 0.264 e. The molecule has 0 fully saturated rings. The van der Waals surface area contributed by atoms with E-state index < -0.39 is 11.7 Å². The molecular formula is C28H34FN5OS. The van der Waals surface area contributed by atoms with Gasteiger partial charge in [0.15, 0.2) is 6.17 Å². The first-order chi connectivity index (χ1) is 17.5. The second kappa shape index (κ2) is 14.9. The highest BCUT2D eigenvalue weighted by Gasteiger charge is 2.28. The summed E-state index contributed by atoms with van der Waals surface area (Å²) < 4.78 is 13.2. The summed E-state index contributed by atoms with van der Waals surface area (Å²) in [5.74, 6) is -0.648. The number of nitrogens with one attached hydrogen (secondary N) is 4. The first-order valence-electron chi connectivity index (χ1n) is 12.0. The molecule has 3 aromatic carbocycles. The second-order valence-corrected chi connectivity index (χ2v) is 8.19. The maximum Gasteiger partial charge on any atom is 0.264 e. The highest BCUT2D eigenvalue weighted by Crippen LogP contribution is 2.24. The van der Waals surface area contributed by atoms with Crippen LogP contribution in [0.4, 0.5) is 10.1 Å². The van der Waals surface area contributed by atoms with Gasteiger partial charge in [0.05, 0.1) is 16.4 Å². The van der Waals surface area contributed by atoms with E-state index in [1.807, 2.05) is 82.3 Å². The van der Waals surface area contributed by atoms with Crippen molar-refractivity contribution in [1.29, 1.82) is 5.41 Å². The lowest BCUT2D eigenvalue weighted by molar-refractivity contribution is -0.118. The molecule has 1 heterocycles. The molecule has 0 bridgehead atoms. The fourth-order valence-electron chi connectivity index (χ4n) is 3.30. The van der Waals surface area contributed by atoms with Crippen molar-refractivity contribution in [3.63, 3.8) is 0 Å². The molecule has 1 amide bonds. The van der Waals surface area contributed by atoms with E-state index in [9.17, 15) is 9.18 Å². The summed E-state index contributed by atoms with van der Waals surface area (Å²) in [6.45, 7) is 8.00. The average Bonchev–Trinajstić information content (AvgIpc) is 3.07. The van der Waals surface area contributed by atoms with Gasteiger partial charge in [-0.1, -0.05) is 88.0 Å². The maximum atomic E-state index is 13.2. The molecule has 2 unspecified atom stereocenters. The standard InChI is InChI=1S/C24H22FN5OS.2C2H6/c1-27-24(32-21(26)16-11-13-17(25)14-12-16)30-22-23(31)28-19-10-6-5-9-18(19)20(29-22)15-7-3-2-4-8-15;2*1-2/h2-14,22,24,26-27,30H,1H3,(H,28,31);2*1-2H3. The van der Waals surface area contributed by atoms with Gasteiger partial charge in [0.1, 0.15) is 11.3 Å². The number of halogens is 1. The second-order valence-electron chi connectivity index (χ2n) is 7.07. The summed E-state index contributed by atoms with van der Waals surface area (Å²) in [7, 11) is 1.73. The Bertz CT molecular complexity index is 1150. The largest absolute Gasteiger partial charge is 0.322 e. The number of amides is 1. The normalized spacial score (nSPS) is 14.9. The van der Waals surface area contributed by atoms with Crippen molar-refractivity contribution in [2.45, 2.75) is 39.4 Å². The van der Waals surface area contributed by atoms with E-state index in [4.69, 9.17) is 10.4 Å². The van der Waals surface area contributed by atoms with Crippen LogP contribution in [0.1, 0.15) is 44.4 Å². The Hall–Kier alpha value is -3.33. The minimum absolute atomic E-state index is 0.237. The number of anilines is 1. The number of hydrogen-bond donors (Lipinski definition) is 4. The lowest BCUT2D eigenvalue weighted by atomic mass is 10.0. The highest BCUT2D eigenvalue weighted by molar-refractivity contribution is 8.14. The monoisotopic (exact) mass is 507 g/mol. The third kappa shape index (κ3) is 7.58. The van der Waals surface area contributed by atoms with Crippen LogP contribution in [-0.2, 0) is 4.79 Å². The Morgan fingerprint density at radius 3 is 2.22 bits per heavy atom. The van der Waals surface area contributed by atoms with Crippen molar-refractivity contribution < 1.29 is 9.18 Å². The van der Waals surface area contributed by atoms with Crippen molar-refractivity contribution in [1.82, 2.24) is 10.6 Å². The number of benzodiazepines with no additional fused rings is 1. The average molecular weight is 508 g/mol. The number of fused-ring (bicyclic) bond motifs is 1. The highest BCUT2D eigenvalue weighted by atomic mass is 32.2. The van der Waals surface area contributed by atoms with E-state index in [2.05, 4.69) is 16.0 Å². The van der Waals surface area contributed by atoms with Gasteiger partial charge in [-0.2, -0.15) is 0 Å². The van der Waals surface area contributed by atoms with E-state index in [1.165, 1.54) is 23.9 Å². The number of carbonyl (C=O) groups is 1. The van der Waals surface area contributed by atoms with Gasteiger partial charge >= 0.3 is 0 Å². The molecule has 0 saturated carbocycles. The van der Waals surface area contributed by atoms with Crippen molar-refractivity contribution in [2.75, 3.05) is 12.4 Å². The van der Waals surface area contributed by atoms with Crippen LogP contribution in [0.15, 0.2) is 83.9 Å². The van der Waals surface area contributed by atoms with Crippen LogP contribution in [0.5, 0.6) is 0 Å². The van der Waals surface area contributed by atoms with Crippen molar-refractivity contribution >= 4 is 34.1 Å². The zero-order valence-corrected chi connectivity index (χ0v) is 22.1. The SMILES string of the molecule is CC.CC.CNC(NC1N=C(c2ccccc2)c2ccccc2NC1=O)SC(=N)c1ccc(F)cc1. The van der Waals surface area contributed by atoms with E-state index in [1.54, 1.807) is 19.2 Å². The van der Waals surface area contributed by atoms with Crippen molar-refractivity contribution in [3.8, 4) is 0 Å². The predicted octanol–water partition coefficient (Wildman–Crippen LogP) is 5.85. The molecule has 2 atom stereocenters. The van der Waals surface area contributed by atoms with Gasteiger partial charge in [-0.15, -0.1) is 0 Å². The number of para-hydroxylation sites is 1. The third-order valence-corrected chi connectivity index (χ3v) is 5.99. The predicted molar refractivity (Wildman–Crippen MR) is 150 cm³/mol. The quantitative estimate of drug-likeness (QED) is 0.192. The molecule has 190 valence electrons. The van der Waals surface area contributed by atoms with Crippen LogP contribution < -0.4 is 16.0 Å². The number of rotatable bonds is 6. The molecule has 4 N–H and O–H groups in total. The molecule has 0 saturated heterocycles. The lowest BCUT2D eigenvalue weighted by Crippen LogP contribution is -2.48. The number of thioether (sulfide) groups is 1. The van der Waals surface area contributed by atoms with Gasteiger partial charge < -0.3 is 5.32 Å². The number of carbonyl (C=O) groups excluding carboxylic acids is 1. The Morgan fingerprint density at radius 2 is 1.58 bits per heavy atom. The molecule has 1 aliphatic heterocycles. The molecular weight excluding hydrogens is 473 g/mol. The number of nitrogens with zero attached hydrogens (tertiary/aromatic N) is 1. The van der Waals surface area contributed by atoms with Gasteiger partial charge in [-0.05, 0) is 37.4 Å². The summed E-state index contributed by atoms with van der Waals surface area (Å²) in [6, 6.07) is 23.0. The maximum absolute atomic E-state index is 13.2. The first-order valence-corrected chi connectivity index (χ1v) is 12.9. The summed E-state index contributed by atoms with van der Waals surface area (Å²) in [4.78, 5) is 17.8. The molecule has 1 aliphatic rings. The molecule has 0 aromatic heterocycles. The summed E-state index contributed by atoms with van der Waals surface area (Å²) in [6.07, 6.45) is -0.886. The first kappa shape index (κ1) is 28.9. The summed E-state index contributed by atoms with van der Waals surface area (Å²) in [5, 5.41) is 17.8. The van der Waals surface area contributed by atoms with Crippen LogP contribution in [0, 0.1) is 11.2 Å². The van der Waals surface area contributed by atoms with E-state index in [-0.39, 0.29) is 16.8 Å². The Kier molecular flexibility index (Phi) is 12.0. The van der Waals surface area contributed by atoms with Gasteiger partial charge in [0, 0.05) is 16.7 Å². The third-order valence-electron chi connectivity index (χ3n) is 4.91. The van der Waals surface area contributed by atoms with E-state index >= 15 is 0 Å². The molecule has 8 heteroatoms.